The Labute approximate surface area is 256 Å². The maximum Gasteiger partial charge on any atom is 0.326 e. The molecule has 2 aliphatic heterocycles. The maximum atomic E-state index is 14.5. The molecular weight excluding hydrogens is 599 g/mol. The molecule has 2 unspecified atom stereocenters. The van der Waals surface area contributed by atoms with Gasteiger partial charge in [0.1, 0.15) is 23.4 Å². The van der Waals surface area contributed by atoms with E-state index in [-0.39, 0.29) is 32.2 Å². The fraction of sp³-hybridized carbons (Fsp3) is 0.333. The zero-order valence-corrected chi connectivity index (χ0v) is 25.9. The van der Waals surface area contributed by atoms with Gasteiger partial charge in [-0.2, -0.15) is 4.31 Å². The summed E-state index contributed by atoms with van der Waals surface area (Å²) in [6.07, 6.45) is 1.18. The molecule has 9 nitrogen and oxygen atoms in total. The van der Waals surface area contributed by atoms with Crippen LogP contribution in [0.1, 0.15) is 35.7 Å². The van der Waals surface area contributed by atoms with Crippen LogP contribution in [0.15, 0.2) is 71.7 Å². The third kappa shape index (κ3) is 6.22. The summed E-state index contributed by atoms with van der Waals surface area (Å²) in [6, 6.07) is 18.9. The number of ether oxygens (including phenoxy) is 2. The molecule has 0 aromatic heterocycles. The number of piperazine rings is 1. The number of sulfonamides is 1. The van der Waals surface area contributed by atoms with Crippen LogP contribution in [-0.2, 0) is 10.0 Å². The highest BCUT2D eigenvalue weighted by Gasteiger charge is 2.45. The number of benzene rings is 3. The molecule has 0 aliphatic carbocycles. The van der Waals surface area contributed by atoms with Gasteiger partial charge in [0.25, 0.3) is 0 Å². The van der Waals surface area contributed by atoms with Gasteiger partial charge < -0.3 is 14.4 Å². The van der Waals surface area contributed by atoms with Crippen molar-refractivity contribution in [3.63, 3.8) is 0 Å². The molecule has 0 saturated carbocycles. The zero-order valence-electron chi connectivity index (χ0n) is 23.5. The van der Waals surface area contributed by atoms with Gasteiger partial charge in [-0.15, -0.1) is 0 Å². The molecule has 2 atom stereocenters. The lowest BCUT2D eigenvalue weighted by atomic mass is 9.93. The van der Waals surface area contributed by atoms with Gasteiger partial charge in [0, 0.05) is 42.3 Å². The van der Waals surface area contributed by atoms with E-state index in [1.54, 1.807) is 53.3 Å². The summed E-state index contributed by atoms with van der Waals surface area (Å²) >= 11 is 12.5. The van der Waals surface area contributed by atoms with Crippen LogP contribution in [0.2, 0.25) is 10.0 Å². The minimum atomic E-state index is -3.37. The fourth-order valence-electron chi connectivity index (χ4n) is 5.31. The molecular formula is C30H32Cl2N4O5S. The molecule has 3 aromatic carbocycles. The van der Waals surface area contributed by atoms with E-state index in [1.807, 2.05) is 37.3 Å². The first-order chi connectivity index (χ1) is 20.1. The van der Waals surface area contributed by atoms with Crippen LogP contribution in [-0.4, -0.2) is 80.5 Å². The van der Waals surface area contributed by atoms with Crippen molar-refractivity contribution in [2.75, 3.05) is 46.2 Å². The number of aliphatic imine (C=N–C) groups is 1. The number of hydrogen-bond donors (Lipinski definition) is 0. The Balaban J connectivity index is 1.65. The Bertz CT molecular complexity index is 1570. The van der Waals surface area contributed by atoms with Crippen LogP contribution in [0.3, 0.4) is 0 Å². The number of amides is 2. The molecule has 0 bridgehead atoms. The van der Waals surface area contributed by atoms with Crippen molar-refractivity contribution >= 4 is 45.1 Å². The van der Waals surface area contributed by atoms with Gasteiger partial charge in [0.05, 0.1) is 31.6 Å². The molecule has 2 amide bonds. The van der Waals surface area contributed by atoms with Crippen molar-refractivity contribution in [2.45, 2.75) is 19.0 Å². The topological polar surface area (TPSA) is 91.8 Å². The van der Waals surface area contributed by atoms with Gasteiger partial charge >= 0.3 is 6.03 Å². The molecule has 0 radical (unpaired) electrons. The van der Waals surface area contributed by atoms with Gasteiger partial charge in [-0.05, 0) is 54.4 Å². The number of halogens is 2. The molecule has 1 fully saturated rings. The van der Waals surface area contributed by atoms with E-state index >= 15 is 0 Å². The SMILES string of the molecule is CCOc1cc(OC)ccc1C1=NC(c2ccc(Cl)cc2)C(c2ccc(Cl)cc2)N1C(=O)N1CCN(S(C)(=O)=O)CC1. The average Bonchev–Trinajstić information content (AvgIpc) is 3.37. The van der Waals surface area contributed by atoms with Crippen molar-refractivity contribution in [3.05, 3.63) is 93.5 Å². The van der Waals surface area contributed by atoms with Gasteiger partial charge in [-0.1, -0.05) is 47.5 Å². The van der Waals surface area contributed by atoms with Crippen LogP contribution >= 0.6 is 23.2 Å². The Hall–Kier alpha value is -3.31. The Morgan fingerprint density at radius 2 is 1.52 bits per heavy atom. The lowest BCUT2D eigenvalue weighted by Gasteiger charge is -2.38. The third-order valence-electron chi connectivity index (χ3n) is 7.40. The summed E-state index contributed by atoms with van der Waals surface area (Å²) in [4.78, 5) is 23.1. The number of urea groups is 1. The van der Waals surface area contributed by atoms with Gasteiger partial charge in [-0.3, -0.25) is 9.89 Å². The first kappa shape index (κ1) is 30.2. The van der Waals surface area contributed by atoms with E-state index in [0.717, 1.165) is 11.1 Å². The molecule has 12 heteroatoms. The highest BCUT2D eigenvalue weighted by molar-refractivity contribution is 7.88. The van der Waals surface area contributed by atoms with Crippen molar-refractivity contribution in [2.24, 2.45) is 4.99 Å². The van der Waals surface area contributed by atoms with E-state index in [4.69, 9.17) is 37.7 Å². The number of carbonyl (C=O) groups excluding carboxylic acids is 1. The number of amidine groups is 1. The second-order valence-corrected chi connectivity index (χ2v) is 12.9. The van der Waals surface area contributed by atoms with Gasteiger partial charge in [0.2, 0.25) is 10.0 Å². The highest BCUT2D eigenvalue weighted by Crippen LogP contribution is 2.45. The Morgan fingerprint density at radius 3 is 2.07 bits per heavy atom. The summed E-state index contributed by atoms with van der Waals surface area (Å²) in [7, 11) is -1.79. The van der Waals surface area contributed by atoms with Crippen molar-refractivity contribution < 1.29 is 22.7 Å². The molecule has 5 rings (SSSR count). The van der Waals surface area contributed by atoms with Gasteiger partial charge in [0.15, 0.2) is 0 Å². The number of methoxy groups -OCH3 is 1. The van der Waals surface area contributed by atoms with Crippen LogP contribution in [0.5, 0.6) is 11.5 Å². The van der Waals surface area contributed by atoms with Crippen LogP contribution in [0, 0.1) is 0 Å². The molecule has 42 heavy (non-hydrogen) atoms. The fourth-order valence-corrected chi connectivity index (χ4v) is 6.39. The summed E-state index contributed by atoms with van der Waals surface area (Å²) in [5.41, 5.74) is 2.35. The normalized spacial score (nSPS) is 19.5. The van der Waals surface area contributed by atoms with Crippen LogP contribution in [0.4, 0.5) is 4.79 Å². The largest absolute Gasteiger partial charge is 0.497 e. The highest BCUT2D eigenvalue weighted by atomic mass is 35.5. The maximum absolute atomic E-state index is 14.5. The van der Waals surface area contributed by atoms with Crippen LogP contribution in [0.25, 0.3) is 0 Å². The van der Waals surface area contributed by atoms with Crippen molar-refractivity contribution in [3.8, 4) is 11.5 Å². The smallest absolute Gasteiger partial charge is 0.326 e. The number of carbonyl (C=O) groups is 1. The molecule has 1 saturated heterocycles. The molecule has 2 aliphatic rings. The Kier molecular flexibility index (Phi) is 8.98. The predicted octanol–water partition coefficient (Wildman–Crippen LogP) is 5.64. The Morgan fingerprint density at radius 1 is 0.929 bits per heavy atom. The summed E-state index contributed by atoms with van der Waals surface area (Å²) in [5.74, 6) is 1.58. The quantitative estimate of drug-likeness (QED) is 0.337. The monoisotopic (exact) mass is 630 g/mol. The van der Waals surface area contributed by atoms with E-state index in [1.165, 1.54) is 10.6 Å². The standard InChI is InChI=1S/C30H32Cl2N4O5S/c1-4-41-26-19-24(40-2)13-14-25(26)29-33-27(20-5-9-22(31)10-6-20)28(21-7-11-23(32)12-8-21)36(29)30(37)34-15-17-35(18-16-34)42(3,38)39/h5-14,19,27-28H,4,15-18H2,1-3H3. The first-order valence-electron chi connectivity index (χ1n) is 13.5. The lowest BCUT2D eigenvalue weighted by Crippen LogP contribution is -2.55. The lowest BCUT2D eigenvalue weighted by molar-refractivity contribution is 0.143. The summed E-state index contributed by atoms with van der Waals surface area (Å²) < 4.78 is 37.1. The summed E-state index contributed by atoms with van der Waals surface area (Å²) in [5, 5.41) is 1.17. The average molecular weight is 632 g/mol. The molecule has 3 aromatic rings. The second-order valence-electron chi connectivity index (χ2n) is 10.0. The number of hydrogen-bond acceptors (Lipinski definition) is 6. The number of nitrogens with zero attached hydrogens (tertiary/aromatic N) is 4. The summed E-state index contributed by atoms with van der Waals surface area (Å²) in [6.45, 7) is 3.20. The number of rotatable bonds is 7. The van der Waals surface area contributed by atoms with E-state index in [9.17, 15) is 13.2 Å². The molecule has 0 spiro atoms. The van der Waals surface area contributed by atoms with E-state index < -0.39 is 22.1 Å². The van der Waals surface area contributed by atoms with Crippen LogP contribution < -0.4 is 9.47 Å². The zero-order chi connectivity index (χ0) is 30.0. The van der Waals surface area contributed by atoms with E-state index in [0.29, 0.717) is 39.6 Å². The third-order valence-corrected chi connectivity index (χ3v) is 9.21. The molecule has 0 N–H and O–H groups in total. The minimum Gasteiger partial charge on any atom is -0.497 e. The van der Waals surface area contributed by atoms with Crippen molar-refractivity contribution in [1.29, 1.82) is 0 Å². The van der Waals surface area contributed by atoms with Gasteiger partial charge in [-0.25, -0.2) is 13.2 Å². The predicted molar refractivity (Wildman–Crippen MR) is 164 cm³/mol. The van der Waals surface area contributed by atoms with Crippen molar-refractivity contribution in [1.82, 2.24) is 14.1 Å². The van der Waals surface area contributed by atoms with E-state index in [2.05, 4.69) is 0 Å². The first-order valence-corrected chi connectivity index (χ1v) is 16.1. The molecule has 2 heterocycles. The minimum absolute atomic E-state index is 0.212. The molecule has 222 valence electrons. The second kappa shape index (κ2) is 12.5.